The fraction of sp³-hybridized carbons (Fsp3) is 0.529. The molecule has 2 fully saturated rings. The molecule has 13 rings (SSSR count). The van der Waals surface area contributed by atoms with Crippen molar-refractivity contribution >= 4 is 112 Å². The number of aromatic nitrogens is 1. The first-order valence-corrected chi connectivity index (χ1v) is 46.5. The molecule has 99 heavy (non-hydrogen) atoms. The van der Waals surface area contributed by atoms with Crippen LogP contribution in [0.4, 0.5) is 0 Å². The molecule has 0 N–H and O–H groups in total. The van der Waals surface area contributed by atoms with Gasteiger partial charge in [-0.3, -0.25) is 0 Å². The highest BCUT2D eigenvalue weighted by Crippen LogP contribution is 2.55. The summed E-state index contributed by atoms with van der Waals surface area (Å²) < 4.78 is 13.3. The van der Waals surface area contributed by atoms with Crippen molar-refractivity contribution in [2.75, 3.05) is 0 Å². The van der Waals surface area contributed by atoms with Crippen molar-refractivity contribution in [3.63, 3.8) is 0 Å². The standard InChI is InChI=1S/C87H109NO2S9/c1-7-11-15-19-23-29-41-62-51-59(6)91-80(62)70-47-48-72(92-70)82-65(44-32-26-22-18-14-10-4)54-78(97-82)85-67(61-39-35-28-36-40-61)56-79(98-85)86-88-87-69(90-86)57-76(99-87)75-55-66(60-37-33-27-34-38-60)84(95-75)77-53-64(43-31-25-21-17-13-9-3)83(96-77)73-50-49-71(93-73)81-63(42-30-24-20-16-12-8-2)52-74(94-81)68-46-45-58(5)89-68/h45-57,60-61H,7-44H2,1-6H3. The van der Waals surface area contributed by atoms with Crippen molar-refractivity contribution in [1.29, 1.82) is 0 Å². The lowest BCUT2D eigenvalue weighted by atomic mass is 9.84. The summed E-state index contributed by atoms with van der Waals surface area (Å²) >= 11 is 18.0. The summed E-state index contributed by atoms with van der Waals surface area (Å²) in [6.07, 6.45) is 49.3. The molecule has 2 aliphatic rings. The minimum atomic E-state index is 0.569. The van der Waals surface area contributed by atoms with Crippen LogP contribution in [0.5, 0.6) is 0 Å². The van der Waals surface area contributed by atoms with E-state index < -0.39 is 0 Å². The largest absolute Gasteiger partial charge is 0.461 e. The molecule has 0 spiro atoms. The highest BCUT2D eigenvalue weighted by molar-refractivity contribution is 7.31. The van der Waals surface area contributed by atoms with E-state index in [9.17, 15) is 0 Å². The summed E-state index contributed by atoms with van der Waals surface area (Å²) in [5.74, 6) is 3.93. The Balaban J connectivity index is 0.802. The summed E-state index contributed by atoms with van der Waals surface area (Å²) in [6.45, 7) is 13.7. The number of furan rings is 1. The van der Waals surface area contributed by atoms with E-state index in [1.54, 1.807) is 22.3 Å². The fourth-order valence-corrected chi connectivity index (χ4v) is 26.6. The van der Waals surface area contributed by atoms with Crippen LogP contribution >= 0.6 is 102 Å². The molecular weight excluding hydrogens is 1380 g/mol. The third-order valence-corrected chi connectivity index (χ3v) is 32.6. The van der Waals surface area contributed by atoms with Crippen LogP contribution < -0.4 is 0 Å². The number of aryl methyl sites for hydroxylation is 6. The Kier molecular flexibility index (Phi) is 27.2. The summed E-state index contributed by atoms with van der Waals surface area (Å²) in [7, 11) is 0. The Labute approximate surface area is 630 Å². The van der Waals surface area contributed by atoms with Gasteiger partial charge in [0.05, 0.1) is 14.6 Å². The first-order chi connectivity index (χ1) is 48.7. The van der Waals surface area contributed by atoms with Gasteiger partial charge in [0.2, 0.25) is 5.89 Å². The lowest BCUT2D eigenvalue weighted by Gasteiger charge is -2.22. The normalized spacial score (nSPS) is 14.2. The van der Waals surface area contributed by atoms with Crippen LogP contribution in [0.25, 0.3) is 100 Å². The molecule has 528 valence electrons. The van der Waals surface area contributed by atoms with Gasteiger partial charge in [-0.15, -0.1) is 102 Å². The monoisotopic (exact) mass is 1490 g/mol. The van der Waals surface area contributed by atoms with Gasteiger partial charge in [-0.2, -0.15) is 4.98 Å². The smallest absolute Gasteiger partial charge is 0.238 e. The molecule has 0 unspecified atom stereocenters. The van der Waals surface area contributed by atoms with E-state index in [2.05, 4.69) is 143 Å². The number of nitrogens with zero attached hydrogens (tertiary/aromatic N) is 1. The van der Waals surface area contributed by atoms with Crippen molar-refractivity contribution in [1.82, 2.24) is 4.98 Å². The minimum absolute atomic E-state index is 0.569. The number of oxazole rings is 1. The number of thiophene rings is 9. The molecule has 0 aromatic carbocycles. The Bertz CT molecular complexity index is 4230. The summed E-state index contributed by atoms with van der Waals surface area (Å²) in [5, 5.41) is 0. The molecular formula is C87H109NO2S9. The second kappa shape index (κ2) is 36.7. The van der Waals surface area contributed by atoms with Crippen LogP contribution in [0.2, 0.25) is 0 Å². The minimum Gasteiger partial charge on any atom is -0.461 e. The van der Waals surface area contributed by atoms with Gasteiger partial charge in [-0.05, 0) is 209 Å². The van der Waals surface area contributed by atoms with Gasteiger partial charge >= 0.3 is 0 Å². The molecule has 0 amide bonds. The molecule has 11 heterocycles. The highest BCUT2D eigenvalue weighted by atomic mass is 32.1. The molecule has 0 bridgehead atoms. The second-order valence-electron chi connectivity index (χ2n) is 29.2. The zero-order valence-electron chi connectivity index (χ0n) is 60.5. The van der Waals surface area contributed by atoms with E-state index in [4.69, 9.17) is 13.8 Å². The Morgan fingerprint density at radius 2 is 0.707 bits per heavy atom. The van der Waals surface area contributed by atoms with Crippen LogP contribution in [0.3, 0.4) is 0 Å². The lowest BCUT2D eigenvalue weighted by Crippen LogP contribution is -2.04. The molecule has 0 aliphatic heterocycles. The van der Waals surface area contributed by atoms with Crippen molar-refractivity contribution in [3.8, 4) is 89.7 Å². The van der Waals surface area contributed by atoms with E-state index in [-0.39, 0.29) is 0 Å². The second-order valence-corrected chi connectivity index (χ2v) is 38.9. The van der Waals surface area contributed by atoms with Gasteiger partial charge in [0.1, 0.15) is 11.5 Å². The quantitative estimate of drug-likeness (QED) is 0.0361. The van der Waals surface area contributed by atoms with Gasteiger partial charge in [-0.25, -0.2) is 0 Å². The molecule has 3 nitrogen and oxygen atoms in total. The topological polar surface area (TPSA) is 39.2 Å². The van der Waals surface area contributed by atoms with Crippen LogP contribution in [-0.4, -0.2) is 4.98 Å². The first kappa shape index (κ1) is 73.4. The van der Waals surface area contributed by atoms with E-state index in [0.717, 1.165) is 47.1 Å². The van der Waals surface area contributed by atoms with Crippen LogP contribution in [0.1, 0.15) is 302 Å². The van der Waals surface area contributed by atoms with Crippen LogP contribution in [0, 0.1) is 13.8 Å². The van der Waals surface area contributed by atoms with E-state index in [0.29, 0.717) is 11.8 Å². The van der Waals surface area contributed by atoms with Gasteiger partial charge in [0.15, 0.2) is 10.4 Å². The summed E-state index contributed by atoms with van der Waals surface area (Å²) in [5.41, 5.74) is 10.2. The maximum absolute atomic E-state index is 7.04. The van der Waals surface area contributed by atoms with Crippen molar-refractivity contribution in [2.24, 2.45) is 0 Å². The van der Waals surface area contributed by atoms with Crippen molar-refractivity contribution in [3.05, 3.63) is 123 Å². The molecule has 12 heteroatoms. The Morgan fingerprint density at radius 1 is 0.323 bits per heavy atom. The molecule has 2 saturated carbocycles. The van der Waals surface area contributed by atoms with Crippen molar-refractivity contribution in [2.45, 2.75) is 297 Å². The number of hydrogen-bond acceptors (Lipinski definition) is 12. The van der Waals surface area contributed by atoms with Gasteiger partial charge in [0, 0.05) is 74.3 Å². The maximum Gasteiger partial charge on any atom is 0.238 e. The summed E-state index contributed by atoms with van der Waals surface area (Å²) in [6, 6.07) is 31.8. The molecule has 11 aromatic heterocycles. The molecule has 2 aliphatic carbocycles. The molecule has 0 saturated heterocycles. The number of fused-ring (bicyclic) bond motifs is 1. The van der Waals surface area contributed by atoms with Gasteiger partial charge in [0.25, 0.3) is 0 Å². The number of unbranched alkanes of at least 4 members (excludes halogenated alkanes) is 20. The van der Waals surface area contributed by atoms with Gasteiger partial charge < -0.3 is 8.83 Å². The number of hydrogen-bond donors (Lipinski definition) is 0. The number of rotatable bonds is 39. The SMILES string of the molecule is CCCCCCCCc1cc(C)sc1-c1ccc(-c2sc(-c3sc(-c4nc5sc(-c6cc(C7CCCCC7)c(-c7cc(CCCCCCCC)c(-c8ccc(-c9sc(-c%10ccc(C)o%10)cc9CCCCCCCC)s8)s7)s6)cc5o4)cc3C3CCCCC3)cc2CCCCCCCC)s1. The Hall–Kier alpha value is -3.95. The highest BCUT2D eigenvalue weighted by Gasteiger charge is 2.30. The van der Waals surface area contributed by atoms with Crippen LogP contribution in [-0.2, 0) is 25.7 Å². The van der Waals surface area contributed by atoms with Crippen molar-refractivity contribution < 1.29 is 8.83 Å². The average molecular weight is 1490 g/mol. The zero-order valence-corrected chi connectivity index (χ0v) is 67.8. The zero-order chi connectivity index (χ0) is 67.9. The van der Waals surface area contributed by atoms with Crippen LogP contribution in [0.15, 0.2) is 87.7 Å². The molecule has 0 atom stereocenters. The van der Waals surface area contributed by atoms with E-state index in [1.165, 1.54) is 319 Å². The maximum atomic E-state index is 7.04. The van der Waals surface area contributed by atoms with Gasteiger partial charge in [-0.1, -0.05) is 195 Å². The molecule has 0 radical (unpaired) electrons. The average Bonchev–Trinajstić information content (AvgIpc) is 1.59. The Morgan fingerprint density at radius 3 is 1.15 bits per heavy atom. The predicted octanol–water partition coefficient (Wildman–Crippen LogP) is 33.3. The predicted molar refractivity (Wildman–Crippen MR) is 446 cm³/mol. The first-order valence-electron chi connectivity index (χ1n) is 39.2. The summed E-state index contributed by atoms with van der Waals surface area (Å²) in [4.78, 5) is 30.6. The third-order valence-electron chi connectivity index (χ3n) is 21.3. The lowest BCUT2D eigenvalue weighted by molar-refractivity contribution is 0.445. The third kappa shape index (κ3) is 18.6. The van der Waals surface area contributed by atoms with E-state index >= 15 is 0 Å². The fourth-order valence-electron chi connectivity index (χ4n) is 15.7. The van der Waals surface area contributed by atoms with E-state index in [1.807, 2.05) is 79.4 Å². The molecule has 11 aromatic rings.